The third-order valence-corrected chi connectivity index (χ3v) is 21.1. The maximum atomic E-state index is 12.0. The Hall–Kier alpha value is -12.4. The molecule has 17 aromatic rings. The van der Waals surface area contributed by atoms with Crippen LogP contribution in [0.25, 0.3) is 122 Å². The molecule has 4 nitrogen and oxygen atoms in total. The van der Waals surface area contributed by atoms with Crippen LogP contribution in [0.3, 0.4) is 0 Å². The van der Waals surface area contributed by atoms with Gasteiger partial charge in [-0.2, -0.15) is 0 Å². The first-order valence-electron chi connectivity index (χ1n) is 46.6. The molecule has 4 heterocycles. The Kier molecular flexibility index (Phi) is 10.9. The molecular formula is C102H83BN4. The molecule has 0 bridgehead atoms. The van der Waals surface area contributed by atoms with Gasteiger partial charge in [-0.25, -0.2) is 0 Å². The molecule has 0 atom stereocenters. The number of benzene rings is 15. The minimum absolute atomic E-state index is 0.124. The average Bonchev–Trinajstić information content (AvgIpc) is 0.722. The summed E-state index contributed by atoms with van der Waals surface area (Å²) < 4.78 is 215. The fourth-order valence-electron chi connectivity index (χ4n) is 15.7. The van der Waals surface area contributed by atoms with E-state index < -0.39 is 172 Å². The zero-order chi connectivity index (χ0) is 90.9. The quantitative estimate of drug-likeness (QED) is 0.127. The van der Waals surface area contributed by atoms with Crippen LogP contribution >= 0.6 is 0 Å². The molecule has 19 rings (SSSR count). The van der Waals surface area contributed by atoms with E-state index in [0.717, 1.165) is 44.0 Å². The van der Waals surface area contributed by atoms with Crippen LogP contribution in [-0.4, -0.2) is 15.8 Å². The van der Waals surface area contributed by atoms with Gasteiger partial charge in [0.25, 0.3) is 6.71 Å². The first kappa shape index (κ1) is 46.4. The van der Waals surface area contributed by atoms with Crippen LogP contribution in [0.5, 0.6) is 0 Å². The highest BCUT2D eigenvalue weighted by Gasteiger charge is 2.47. The van der Waals surface area contributed by atoms with Crippen molar-refractivity contribution in [1.29, 1.82) is 0 Å². The summed E-state index contributed by atoms with van der Waals surface area (Å²) in [7, 11) is 0. The van der Waals surface area contributed by atoms with E-state index in [0.29, 0.717) is 78.3 Å². The summed E-state index contributed by atoms with van der Waals surface area (Å²) in [6.45, 7) is 17.2. The van der Waals surface area contributed by atoms with Crippen molar-refractivity contribution in [2.24, 2.45) is 0 Å². The van der Waals surface area contributed by atoms with Gasteiger partial charge in [0.15, 0.2) is 0 Å². The second kappa shape index (κ2) is 25.1. The lowest BCUT2D eigenvalue weighted by Crippen LogP contribution is -2.61. The predicted molar refractivity (Wildman–Crippen MR) is 458 cm³/mol. The maximum absolute atomic E-state index is 12.0. The molecule has 107 heavy (non-hydrogen) atoms. The van der Waals surface area contributed by atoms with Gasteiger partial charge in [0.05, 0.1) is 62.2 Å². The van der Waals surface area contributed by atoms with E-state index in [1.165, 1.54) is 4.57 Å². The number of rotatable bonds is 10. The fourth-order valence-corrected chi connectivity index (χ4v) is 15.7. The minimum atomic E-state index is -1.64. The lowest BCUT2D eigenvalue weighted by Gasteiger charge is -2.47. The Balaban J connectivity index is 1.10. The van der Waals surface area contributed by atoms with Gasteiger partial charge in [-0.3, -0.25) is 0 Å². The molecule has 15 aromatic carbocycles. The summed E-state index contributed by atoms with van der Waals surface area (Å²) in [4.78, 5) is 3.87. The molecule has 514 valence electrons. The van der Waals surface area contributed by atoms with Crippen LogP contribution in [0.2, 0.25) is 0 Å². The first-order valence-corrected chi connectivity index (χ1v) is 36.1. The summed E-state index contributed by atoms with van der Waals surface area (Å²) >= 11 is 0. The topological polar surface area (TPSA) is 16.3 Å². The van der Waals surface area contributed by atoms with E-state index in [1.54, 1.807) is 0 Å². The third kappa shape index (κ3) is 11.0. The monoisotopic (exact) mass is 1400 g/mol. The number of anilines is 6. The van der Waals surface area contributed by atoms with Crippen molar-refractivity contribution in [2.45, 2.75) is 78.6 Å². The molecule has 0 amide bonds. The number of para-hydroxylation sites is 4. The van der Waals surface area contributed by atoms with Crippen molar-refractivity contribution in [3.8, 4) is 78.1 Å². The lowest BCUT2D eigenvalue weighted by atomic mass is 9.33. The van der Waals surface area contributed by atoms with Crippen molar-refractivity contribution in [1.82, 2.24) is 9.13 Å². The molecule has 2 aliphatic rings. The lowest BCUT2D eigenvalue weighted by molar-refractivity contribution is 0.590. The van der Waals surface area contributed by atoms with E-state index >= 15 is 0 Å². The van der Waals surface area contributed by atoms with E-state index in [4.69, 9.17) is 2.74 Å². The largest absolute Gasteiger partial charge is 0.310 e. The summed E-state index contributed by atoms with van der Waals surface area (Å²) in [5.74, 6) is 0. The van der Waals surface area contributed by atoms with Gasteiger partial charge in [-0.05, 0) is 191 Å². The normalized spacial score (nSPS) is 15.6. The molecule has 0 radical (unpaired) electrons. The summed E-state index contributed by atoms with van der Waals surface area (Å²) in [6.07, 6.45) is 0. The maximum Gasteiger partial charge on any atom is 0.252 e. The van der Waals surface area contributed by atoms with Crippen LogP contribution in [0, 0.1) is 0 Å². The van der Waals surface area contributed by atoms with Gasteiger partial charge in [0.2, 0.25) is 0 Å². The SMILES string of the molecule is [2H]c1cc([2H])c2c(c1[2H])c1c([2H])c([2H])c([2H])c([2H])c1n2-c1c([2H])c([2H])c2c(c1[2H])N(c1c(-c3ccccc3)cc(C(C)(C)C)cc1-c1ccccc1)c1cc(C(C)(C)C)cc3c1B2c1c([2H])c([2H])c(-n2c4c([2H])c([2H])c([2H])c([2H])c4c4c([2H])c([2H])c([2H])c([2H])c42)c([2H])c1N3c1c(-c2cccc(-c3ccccc3)c2)cc(C(C)(C)C)cc1-c1cccc(-c2ccccc2)c1. The van der Waals surface area contributed by atoms with Gasteiger partial charge in [0, 0.05) is 77.9 Å². The second-order valence-electron chi connectivity index (χ2n) is 30.8. The highest BCUT2D eigenvalue weighted by molar-refractivity contribution is 7.00. The van der Waals surface area contributed by atoms with Gasteiger partial charge in [-0.15, -0.1) is 0 Å². The second-order valence-corrected chi connectivity index (χ2v) is 30.8. The van der Waals surface area contributed by atoms with Crippen LogP contribution < -0.4 is 26.2 Å². The van der Waals surface area contributed by atoms with Crippen molar-refractivity contribution >= 4 is 101 Å². The Morgan fingerprint density at radius 1 is 0.271 bits per heavy atom. The van der Waals surface area contributed by atoms with Gasteiger partial charge in [-0.1, -0.05) is 305 Å². The van der Waals surface area contributed by atoms with E-state index in [2.05, 4.69) is 77.9 Å². The molecule has 0 saturated heterocycles. The molecule has 5 heteroatoms. The van der Waals surface area contributed by atoms with Crippen molar-refractivity contribution in [3.05, 3.63) is 356 Å². The molecule has 0 aliphatic carbocycles. The smallest absolute Gasteiger partial charge is 0.252 e. The van der Waals surface area contributed by atoms with Crippen LogP contribution in [-0.2, 0) is 16.2 Å². The van der Waals surface area contributed by atoms with Gasteiger partial charge < -0.3 is 18.9 Å². The number of aromatic nitrogens is 2. The third-order valence-electron chi connectivity index (χ3n) is 21.1. The fraction of sp³-hybridized carbons (Fsp3) is 0.118. The molecule has 0 fully saturated rings. The zero-order valence-electron chi connectivity index (χ0n) is 81.6. The Morgan fingerprint density at radius 2 is 0.589 bits per heavy atom. The van der Waals surface area contributed by atoms with Crippen LogP contribution in [0.15, 0.2) is 339 Å². The number of nitrogens with zero attached hydrogens (tertiary/aromatic N) is 4. The first-order chi connectivity index (χ1) is 60.7. The zero-order valence-corrected chi connectivity index (χ0v) is 60.6. The number of fused-ring (bicyclic) bond motifs is 10. The molecule has 0 spiro atoms. The minimum Gasteiger partial charge on any atom is -0.310 e. The molecule has 0 N–H and O–H groups in total. The summed E-state index contributed by atoms with van der Waals surface area (Å²) in [6, 6.07) is 55.2. The van der Waals surface area contributed by atoms with E-state index in [9.17, 15) is 26.0 Å². The molecule has 0 unspecified atom stereocenters. The highest BCUT2D eigenvalue weighted by Crippen LogP contribution is 2.56. The molecule has 0 saturated carbocycles. The molecule has 2 aliphatic heterocycles. The predicted octanol–water partition coefficient (Wildman–Crippen LogP) is 25.9. The van der Waals surface area contributed by atoms with Crippen molar-refractivity contribution in [2.75, 3.05) is 9.80 Å². The molecule has 2 aromatic heterocycles. The van der Waals surface area contributed by atoms with Crippen molar-refractivity contribution < 1.29 is 28.8 Å². The van der Waals surface area contributed by atoms with Crippen LogP contribution in [0.1, 0.15) is 108 Å². The van der Waals surface area contributed by atoms with Crippen LogP contribution in [0.4, 0.5) is 34.1 Å². The Morgan fingerprint density at radius 3 is 0.972 bits per heavy atom. The van der Waals surface area contributed by atoms with Gasteiger partial charge >= 0.3 is 0 Å². The highest BCUT2D eigenvalue weighted by atomic mass is 15.2. The summed E-state index contributed by atoms with van der Waals surface area (Å²) in [5.41, 5.74) is 7.66. The number of hydrogen-bond donors (Lipinski definition) is 0. The Bertz CT molecular complexity index is 7460. The Labute approximate surface area is 658 Å². The average molecular weight is 1400 g/mol. The standard InChI is InChI=1S/C102H83BN4/c1-100(2,3)74-58-83(68-36-18-12-19-37-68)98(84(59-74)69-38-20-13-21-39-69)106-93-64-77(104-89-48-26-22-44-79(89)80-45-23-27-49-90(80)104)52-54-87(93)103-88-55-53-78(105-91-50-28-24-46-81(91)82-47-25-29-51-92(82)105)65-94(88)107(96-63-76(102(7,8)9)62-95(106)97(96)103)99-85(72-42-30-40-70(56-72)66-32-14-10-15-33-66)60-75(101(4,5)6)61-86(99)73-43-31-41-71(57-73)67-34-16-11-17-35-67/h10-65H,1-9H3/i22D,23D,24D,25D,26D,28D,29D,44D,45D,46D,47D,48D,49D,50D,51D,52D,53D,54D,55D,64D,65D. The van der Waals surface area contributed by atoms with Crippen molar-refractivity contribution in [3.63, 3.8) is 0 Å². The molecular weight excluding hydrogens is 1290 g/mol. The van der Waals surface area contributed by atoms with E-state index in [1.807, 2.05) is 200 Å². The van der Waals surface area contributed by atoms with E-state index in [-0.39, 0.29) is 54.9 Å². The van der Waals surface area contributed by atoms with Gasteiger partial charge in [0.1, 0.15) is 0 Å². The number of hydrogen-bond acceptors (Lipinski definition) is 2. The summed E-state index contributed by atoms with van der Waals surface area (Å²) in [5, 5.41) is -1.21.